The zero-order valence-corrected chi connectivity index (χ0v) is 12.1. The molecule has 0 bridgehead atoms. The largest absolute Gasteiger partial charge is 0.324 e. The summed E-state index contributed by atoms with van der Waals surface area (Å²) in [5.74, 6) is 2.64. The van der Waals surface area contributed by atoms with E-state index >= 15 is 0 Å². The van der Waals surface area contributed by atoms with E-state index in [2.05, 4.69) is 18.2 Å². The Hall–Kier alpha value is -0.830. The van der Waals surface area contributed by atoms with Gasteiger partial charge in [-0.1, -0.05) is 25.7 Å². The Morgan fingerprint density at radius 1 is 1.26 bits per heavy atom. The lowest BCUT2D eigenvalue weighted by Crippen LogP contribution is -2.32. The molecule has 2 aliphatic carbocycles. The van der Waals surface area contributed by atoms with Crippen LogP contribution in [0.4, 0.5) is 0 Å². The van der Waals surface area contributed by atoms with E-state index in [1.807, 2.05) is 10.9 Å². The number of nitrogens with two attached hydrogens (primary N) is 1. The van der Waals surface area contributed by atoms with Crippen molar-refractivity contribution < 1.29 is 0 Å². The molecule has 0 saturated heterocycles. The molecule has 4 atom stereocenters. The van der Waals surface area contributed by atoms with E-state index < -0.39 is 0 Å². The lowest BCUT2D eigenvalue weighted by molar-refractivity contribution is 0.117. The Morgan fingerprint density at radius 3 is 2.79 bits per heavy atom. The molecule has 1 heterocycles. The van der Waals surface area contributed by atoms with Gasteiger partial charge in [-0.05, 0) is 43.9 Å². The monoisotopic (exact) mass is 261 g/mol. The average molecular weight is 261 g/mol. The highest BCUT2D eigenvalue weighted by atomic mass is 15.3. The van der Waals surface area contributed by atoms with Crippen LogP contribution in [0.15, 0.2) is 12.4 Å². The predicted molar refractivity (Wildman–Crippen MR) is 77.6 cm³/mol. The molecule has 0 radical (unpaired) electrons. The molecule has 2 fully saturated rings. The summed E-state index contributed by atoms with van der Waals surface area (Å²) in [5.41, 5.74) is 7.74. The maximum Gasteiger partial charge on any atom is 0.0537 e. The van der Waals surface area contributed by atoms with Gasteiger partial charge in [0.15, 0.2) is 0 Å². The molecular formula is C16H27N3. The standard InChI is InChI=1S/C16H27N3/c1-2-19-11-15(10-18-19)16(17)14-8-7-12-5-3-4-6-13(12)9-14/h10-14,16H,2-9,17H2,1H3. The number of hydrogen-bond donors (Lipinski definition) is 1. The van der Waals surface area contributed by atoms with Crippen LogP contribution >= 0.6 is 0 Å². The van der Waals surface area contributed by atoms with Crippen LogP contribution in [0.3, 0.4) is 0 Å². The van der Waals surface area contributed by atoms with Crippen molar-refractivity contribution in [3.8, 4) is 0 Å². The summed E-state index contributed by atoms with van der Waals surface area (Å²) in [6.45, 7) is 3.05. The molecule has 2 N–H and O–H groups in total. The first-order valence-corrected chi connectivity index (χ1v) is 8.06. The van der Waals surface area contributed by atoms with Crippen molar-refractivity contribution in [1.82, 2.24) is 9.78 Å². The SMILES string of the molecule is CCn1cc(C(N)C2CCC3CCCCC3C2)cn1. The first-order chi connectivity index (χ1) is 9.28. The molecule has 2 aliphatic rings. The van der Waals surface area contributed by atoms with Crippen molar-refractivity contribution in [2.45, 2.75) is 64.5 Å². The van der Waals surface area contributed by atoms with E-state index in [4.69, 9.17) is 5.73 Å². The van der Waals surface area contributed by atoms with Crippen LogP contribution in [-0.4, -0.2) is 9.78 Å². The van der Waals surface area contributed by atoms with Gasteiger partial charge in [-0.2, -0.15) is 5.10 Å². The molecule has 3 rings (SSSR count). The summed E-state index contributed by atoms with van der Waals surface area (Å²) < 4.78 is 1.99. The fourth-order valence-corrected chi connectivity index (χ4v) is 4.23. The van der Waals surface area contributed by atoms with Crippen molar-refractivity contribution in [2.24, 2.45) is 23.5 Å². The number of aryl methyl sites for hydroxylation is 1. The molecule has 0 aromatic carbocycles. The van der Waals surface area contributed by atoms with Crippen LogP contribution in [0.25, 0.3) is 0 Å². The van der Waals surface area contributed by atoms with Crippen molar-refractivity contribution in [2.75, 3.05) is 0 Å². The van der Waals surface area contributed by atoms with Crippen LogP contribution in [0.1, 0.15) is 63.5 Å². The Morgan fingerprint density at radius 2 is 2.05 bits per heavy atom. The average Bonchev–Trinajstić information content (AvgIpc) is 2.95. The van der Waals surface area contributed by atoms with Crippen molar-refractivity contribution in [1.29, 1.82) is 0 Å². The predicted octanol–water partition coefficient (Wildman–Crippen LogP) is 3.51. The van der Waals surface area contributed by atoms with Gasteiger partial charge >= 0.3 is 0 Å². The molecule has 2 saturated carbocycles. The highest BCUT2D eigenvalue weighted by Crippen LogP contribution is 2.45. The topological polar surface area (TPSA) is 43.8 Å². The fraction of sp³-hybridized carbons (Fsp3) is 0.812. The summed E-state index contributed by atoms with van der Waals surface area (Å²) >= 11 is 0. The van der Waals surface area contributed by atoms with E-state index in [9.17, 15) is 0 Å². The third kappa shape index (κ3) is 2.71. The molecule has 3 nitrogen and oxygen atoms in total. The molecule has 0 aliphatic heterocycles. The summed E-state index contributed by atoms with van der Waals surface area (Å²) in [4.78, 5) is 0. The van der Waals surface area contributed by atoms with Gasteiger partial charge in [-0.3, -0.25) is 4.68 Å². The third-order valence-corrected chi connectivity index (χ3v) is 5.45. The summed E-state index contributed by atoms with van der Waals surface area (Å²) in [7, 11) is 0. The second-order valence-corrected chi connectivity index (χ2v) is 6.53. The van der Waals surface area contributed by atoms with Gasteiger partial charge in [-0.15, -0.1) is 0 Å². The molecule has 3 heteroatoms. The number of fused-ring (bicyclic) bond motifs is 1. The molecule has 19 heavy (non-hydrogen) atoms. The van der Waals surface area contributed by atoms with Crippen LogP contribution < -0.4 is 5.73 Å². The lowest BCUT2D eigenvalue weighted by Gasteiger charge is -2.41. The molecule has 0 amide bonds. The molecule has 1 aromatic rings. The van der Waals surface area contributed by atoms with Crippen molar-refractivity contribution >= 4 is 0 Å². The fourth-order valence-electron chi connectivity index (χ4n) is 4.23. The third-order valence-electron chi connectivity index (χ3n) is 5.45. The highest BCUT2D eigenvalue weighted by Gasteiger charge is 2.34. The van der Waals surface area contributed by atoms with Gasteiger partial charge in [0.1, 0.15) is 0 Å². The van der Waals surface area contributed by atoms with Gasteiger partial charge in [0.05, 0.1) is 6.20 Å². The number of nitrogens with zero attached hydrogens (tertiary/aromatic N) is 2. The van der Waals surface area contributed by atoms with Crippen LogP contribution in [0.5, 0.6) is 0 Å². The van der Waals surface area contributed by atoms with Crippen molar-refractivity contribution in [3.63, 3.8) is 0 Å². The smallest absolute Gasteiger partial charge is 0.0537 e. The molecule has 0 spiro atoms. The molecule has 4 unspecified atom stereocenters. The van der Waals surface area contributed by atoms with Crippen LogP contribution in [0, 0.1) is 17.8 Å². The number of hydrogen-bond acceptors (Lipinski definition) is 2. The Kier molecular flexibility index (Phi) is 3.92. The second kappa shape index (κ2) is 5.66. The minimum absolute atomic E-state index is 0.197. The number of aromatic nitrogens is 2. The van der Waals surface area contributed by atoms with Crippen LogP contribution in [-0.2, 0) is 6.54 Å². The van der Waals surface area contributed by atoms with Gasteiger partial charge in [0.2, 0.25) is 0 Å². The Labute approximate surface area is 116 Å². The second-order valence-electron chi connectivity index (χ2n) is 6.53. The number of rotatable bonds is 3. The van der Waals surface area contributed by atoms with Gasteiger partial charge in [0, 0.05) is 24.3 Å². The molecule has 106 valence electrons. The van der Waals surface area contributed by atoms with Gasteiger partial charge in [-0.25, -0.2) is 0 Å². The first kappa shape index (κ1) is 13.2. The van der Waals surface area contributed by atoms with E-state index in [0.29, 0.717) is 5.92 Å². The summed E-state index contributed by atoms with van der Waals surface area (Å²) in [5, 5.41) is 4.37. The molecule has 1 aromatic heterocycles. The van der Waals surface area contributed by atoms with Crippen molar-refractivity contribution in [3.05, 3.63) is 18.0 Å². The van der Waals surface area contributed by atoms with E-state index in [1.165, 1.54) is 50.5 Å². The highest BCUT2D eigenvalue weighted by molar-refractivity contribution is 5.11. The van der Waals surface area contributed by atoms with Gasteiger partial charge in [0.25, 0.3) is 0 Å². The van der Waals surface area contributed by atoms with Gasteiger partial charge < -0.3 is 5.73 Å². The van der Waals surface area contributed by atoms with E-state index in [0.717, 1.165) is 18.4 Å². The maximum absolute atomic E-state index is 6.51. The first-order valence-electron chi connectivity index (χ1n) is 8.06. The maximum atomic E-state index is 6.51. The Balaban J connectivity index is 1.65. The molecular weight excluding hydrogens is 234 g/mol. The summed E-state index contributed by atoms with van der Waals surface area (Å²) in [6, 6.07) is 0.197. The lowest BCUT2D eigenvalue weighted by atomic mass is 9.66. The van der Waals surface area contributed by atoms with E-state index in [-0.39, 0.29) is 6.04 Å². The zero-order chi connectivity index (χ0) is 13.2. The van der Waals surface area contributed by atoms with Crippen LogP contribution in [0.2, 0.25) is 0 Å². The van der Waals surface area contributed by atoms with E-state index in [1.54, 1.807) is 0 Å². The minimum Gasteiger partial charge on any atom is -0.324 e. The minimum atomic E-state index is 0.197. The quantitative estimate of drug-likeness (QED) is 0.905. The zero-order valence-electron chi connectivity index (χ0n) is 12.1. The Bertz CT molecular complexity index is 412. The summed E-state index contributed by atoms with van der Waals surface area (Å²) in [6.07, 6.45) is 14.0. The normalized spacial score (nSPS) is 32.8.